The van der Waals surface area contributed by atoms with E-state index in [1.54, 1.807) is 20.3 Å². The normalized spacial score (nSPS) is 19.1. The highest BCUT2D eigenvalue weighted by atomic mass is 16.5. The van der Waals surface area contributed by atoms with Gasteiger partial charge in [-0.15, -0.1) is 0 Å². The zero-order valence-electron chi connectivity index (χ0n) is 20.9. The first-order chi connectivity index (χ1) is 16.2. The van der Waals surface area contributed by atoms with E-state index in [2.05, 4.69) is 70.2 Å². The van der Waals surface area contributed by atoms with Crippen molar-refractivity contribution >= 4 is 17.7 Å². The van der Waals surface area contributed by atoms with Gasteiger partial charge in [-0.3, -0.25) is 4.79 Å². The molecule has 0 radical (unpaired) electrons. The molecule has 0 saturated carbocycles. The number of carbonyl (C=O) groups excluding carboxylic acids is 1. The zero-order chi connectivity index (χ0) is 24.5. The van der Waals surface area contributed by atoms with E-state index in [-0.39, 0.29) is 16.9 Å². The zero-order valence-corrected chi connectivity index (χ0v) is 20.9. The second-order valence-corrected chi connectivity index (χ2v) is 9.83. The first-order valence-electron chi connectivity index (χ1n) is 11.6. The molecule has 1 aliphatic heterocycles. The van der Waals surface area contributed by atoms with Crippen LogP contribution in [-0.4, -0.2) is 25.7 Å². The molecule has 0 bridgehead atoms. The van der Waals surface area contributed by atoms with E-state index in [0.717, 1.165) is 17.7 Å². The minimum absolute atomic E-state index is 0.0417. The number of methoxy groups -OCH3 is 2. The number of anilines is 1. The molecule has 1 amide bonds. The summed E-state index contributed by atoms with van der Waals surface area (Å²) in [6.45, 7) is 8.70. The Bertz CT molecular complexity index is 1230. The van der Waals surface area contributed by atoms with Gasteiger partial charge in [-0.05, 0) is 68.2 Å². The predicted octanol–water partition coefficient (Wildman–Crippen LogP) is 6.55. The van der Waals surface area contributed by atoms with E-state index in [4.69, 9.17) is 9.47 Å². The third kappa shape index (κ3) is 4.21. The van der Waals surface area contributed by atoms with Gasteiger partial charge in [0.05, 0.1) is 14.2 Å². The molecule has 0 unspecified atom stereocenters. The molecular formula is C30H33NO3. The minimum atomic E-state index is -0.383. The van der Waals surface area contributed by atoms with Gasteiger partial charge in [0, 0.05) is 22.7 Å². The topological polar surface area (TPSA) is 38.8 Å². The number of carbonyl (C=O) groups is 1. The molecule has 0 aliphatic carbocycles. The Kier molecular flexibility index (Phi) is 6.26. The summed E-state index contributed by atoms with van der Waals surface area (Å²) >= 11 is 0. The van der Waals surface area contributed by atoms with Gasteiger partial charge in [0.15, 0.2) is 11.5 Å². The van der Waals surface area contributed by atoms with Crippen LogP contribution in [0.3, 0.4) is 0 Å². The molecule has 1 atom stereocenters. The molecule has 0 fully saturated rings. The van der Waals surface area contributed by atoms with Crippen LogP contribution in [0.15, 0.2) is 72.8 Å². The van der Waals surface area contributed by atoms with Crippen molar-refractivity contribution in [1.29, 1.82) is 0 Å². The summed E-state index contributed by atoms with van der Waals surface area (Å²) in [4.78, 5) is 15.6. The Labute approximate surface area is 202 Å². The summed E-state index contributed by atoms with van der Waals surface area (Å²) in [5, 5.41) is 0. The molecule has 0 spiro atoms. The molecule has 4 heteroatoms. The third-order valence-corrected chi connectivity index (χ3v) is 6.84. The van der Waals surface area contributed by atoms with Crippen molar-refractivity contribution in [3.63, 3.8) is 0 Å². The van der Waals surface area contributed by atoms with Crippen LogP contribution in [0.25, 0.3) is 6.08 Å². The number of amides is 1. The van der Waals surface area contributed by atoms with Gasteiger partial charge in [0.2, 0.25) is 0 Å². The van der Waals surface area contributed by atoms with Crippen LogP contribution in [-0.2, 0) is 10.2 Å². The van der Waals surface area contributed by atoms with Crippen LogP contribution in [0.4, 0.5) is 5.69 Å². The average Bonchev–Trinajstić information content (AvgIpc) is 2.83. The van der Waals surface area contributed by atoms with E-state index in [0.29, 0.717) is 11.5 Å². The fourth-order valence-electron chi connectivity index (χ4n) is 5.33. The number of hydrogen-bond donors (Lipinski definition) is 0. The van der Waals surface area contributed by atoms with Crippen LogP contribution in [0, 0.1) is 6.92 Å². The monoisotopic (exact) mass is 455 g/mol. The number of aryl methyl sites for hydroxylation is 1. The van der Waals surface area contributed by atoms with Crippen LogP contribution in [0.2, 0.25) is 0 Å². The van der Waals surface area contributed by atoms with Crippen molar-refractivity contribution in [2.24, 2.45) is 0 Å². The van der Waals surface area contributed by atoms with Gasteiger partial charge in [0.1, 0.15) is 0 Å². The lowest BCUT2D eigenvalue weighted by Crippen LogP contribution is -2.55. The third-order valence-electron chi connectivity index (χ3n) is 6.84. The van der Waals surface area contributed by atoms with Crippen molar-refractivity contribution in [3.05, 3.63) is 95.1 Å². The second kappa shape index (κ2) is 9.02. The molecule has 0 saturated heterocycles. The van der Waals surface area contributed by atoms with Crippen molar-refractivity contribution in [2.45, 2.75) is 45.1 Å². The van der Waals surface area contributed by atoms with Crippen molar-refractivity contribution < 1.29 is 14.3 Å². The number of nitrogens with zero attached hydrogens (tertiary/aromatic N) is 1. The van der Waals surface area contributed by atoms with E-state index < -0.39 is 0 Å². The molecule has 0 aromatic heterocycles. The number of rotatable bonds is 5. The van der Waals surface area contributed by atoms with E-state index in [9.17, 15) is 4.79 Å². The molecule has 3 aromatic rings. The summed E-state index contributed by atoms with van der Waals surface area (Å²) in [5.41, 5.74) is 4.90. The van der Waals surface area contributed by atoms with Gasteiger partial charge in [-0.25, -0.2) is 0 Å². The first-order valence-corrected chi connectivity index (χ1v) is 11.6. The molecule has 0 N–H and O–H groups in total. The quantitative estimate of drug-likeness (QED) is 0.410. The van der Waals surface area contributed by atoms with E-state index in [1.807, 2.05) is 35.2 Å². The summed E-state index contributed by atoms with van der Waals surface area (Å²) in [7, 11) is 3.22. The summed E-state index contributed by atoms with van der Waals surface area (Å²) in [6.07, 6.45) is 4.30. The fraction of sp³-hybridized carbons (Fsp3) is 0.300. The number of benzene rings is 3. The van der Waals surface area contributed by atoms with Crippen LogP contribution in [0.5, 0.6) is 11.5 Å². The Morgan fingerprint density at radius 2 is 1.62 bits per heavy atom. The maximum absolute atomic E-state index is 13.6. The van der Waals surface area contributed by atoms with Crippen molar-refractivity contribution in [1.82, 2.24) is 0 Å². The highest BCUT2D eigenvalue weighted by molar-refractivity contribution is 6.06. The Balaban J connectivity index is 1.75. The number of ether oxygens (including phenoxy) is 2. The summed E-state index contributed by atoms with van der Waals surface area (Å²) < 4.78 is 10.7. The molecule has 4 nitrogen and oxygen atoms in total. The Morgan fingerprint density at radius 1 is 0.912 bits per heavy atom. The van der Waals surface area contributed by atoms with Gasteiger partial charge < -0.3 is 14.4 Å². The van der Waals surface area contributed by atoms with Gasteiger partial charge in [0.25, 0.3) is 5.91 Å². The van der Waals surface area contributed by atoms with Crippen molar-refractivity contribution in [2.75, 3.05) is 19.1 Å². The predicted molar refractivity (Wildman–Crippen MR) is 139 cm³/mol. The van der Waals surface area contributed by atoms with E-state index >= 15 is 0 Å². The highest BCUT2D eigenvalue weighted by Gasteiger charge is 2.47. The Morgan fingerprint density at radius 3 is 2.29 bits per heavy atom. The lowest BCUT2D eigenvalue weighted by molar-refractivity contribution is -0.115. The summed E-state index contributed by atoms with van der Waals surface area (Å²) in [5.74, 6) is 1.25. The average molecular weight is 456 g/mol. The second-order valence-electron chi connectivity index (χ2n) is 9.83. The largest absolute Gasteiger partial charge is 0.493 e. The van der Waals surface area contributed by atoms with Crippen LogP contribution >= 0.6 is 0 Å². The molecule has 4 rings (SSSR count). The SMILES string of the molecule is COc1ccc(/C=C/C(=O)N2c3ccc(C)cc3[C@](C)(c3ccccc3)CC2(C)C)cc1OC. The smallest absolute Gasteiger partial charge is 0.251 e. The summed E-state index contributed by atoms with van der Waals surface area (Å²) in [6, 6.07) is 22.6. The Hall–Kier alpha value is -3.53. The number of hydrogen-bond acceptors (Lipinski definition) is 3. The maximum Gasteiger partial charge on any atom is 0.251 e. The molecule has 1 heterocycles. The van der Waals surface area contributed by atoms with Crippen molar-refractivity contribution in [3.8, 4) is 11.5 Å². The van der Waals surface area contributed by atoms with E-state index in [1.165, 1.54) is 16.7 Å². The first kappa shape index (κ1) is 23.6. The highest BCUT2D eigenvalue weighted by Crippen LogP contribution is 2.50. The fourth-order valence-corrected chi connectivity index (χ4v) is 5.33. The van der Waals surface area contributed by atoms with Gasteiger partial charge in [-0.2, -0.15) is 0 Å². The van der Waals surface area contributed by atoms with Crippen LogP contribution < -0.4 is 14.4 Å². The lowest BCUT2D eigenvalue weighted by Gasteiger charge is -2.51. The minimum Gasteiger partial charge on any atom is -0.493 e. The molecule has 1 aliphatic rings. The molecule has 176 valence electrons. The molecule has 34 heavy (non-hydrogen) atoms. The maximum atomic E-state index is 13.6. The lowest BCUT2D eigenvalue weighted by atomic mass is 9.65. The molecule has 3 aromatic carbocycles. The van der Waals surface area contributed by atoms with Gasteiger partial charge in [-0.1, -0.05) is 61.0 Å². The standard InChI is InChI=1S/C30H33NO3/c1-21-12-15-25-24(18-21)30(4,23-10-8-7-9-11-23)20-29(2,3)31(25)28(32)17-14-22-13-16-26(33-5)27(19-22)34-6/h7-19H,20H2,1-6H3/b17-14+/t30-/m0/s1. The number of fused-ring (bicyclic) bond motifs is 1. The van der Waals surface area contributed by atoms with Crippen LogP contribution in [0.1, 0.15) is 49.4 Å². The molecular weight excluding hydrogens is 422 g/mol. The van der Waals surface area contributed by atoms with Gasteiger partial charge >= 0.3 is 0 Å².